The second-order valence-electron chi connectivity index (χ2n) is 3.68. The van der Waals surface area contributed by atoms with Gasteiger partial charge < -0.3 is 15.4 Å². The molecule has 0 bridgehead atoms. The van der Waals surface area contributed by atoms with Crippen LogP contribution >= 0.6 is 11.6 Å². The normalized spacial score (nSPS) is 9.72. The van der Waals surface area contributed by atoms with E-state index in [2.05, 4.69) is 10.6 Å². The topological polar surface area (TPSA) is 67.4 Å². The zero-order chi connectivity index (χ0) is 13.5. The molecule has 1 rings (SSSR count). The summed E-state index contributed by atoms with van der Waals surface area (Å²) in [6.45, 7) is 1.79. The first-order valence-electron chi connectivity index (χ1n) is 5.40. The number of carbonyl (C=O) groups is 2. The Hall–Kier alpha value is -1.75. The molecule has 18 heavy (non-hydrogen) atoms. The van der Waals surface area contributed by atoms with Crippen molar-refractivity contribution in [1.82, 2.24) is 5.32 Å². The molecular weight excluding hydrogens is 256 g/mol. The Balaban J connectivity index is 2.49. The molecule has 6 heteroatoms. The van der Waals surface area contributed by atoms with E-state index in [4.69, 9.17) is 16.3 Å². The van der Waals surface area contributed by atoms with Crippen molar-refractivity contribution in [3.63, 3.8) is 0 Å². The lowest BCUT2D eigenvalue weighted by molar-refractivity contribution is -0.116. The molecule has 0 spiro atoms. The first kappa shape index (κ1) is 14.3. The molecule has 0 aliphatic heterocycles. The average Bonchev–Trinajstić information content (AvgIpc) is 2.28. The smallest absolute Gasteiger partial charge is 0.319 e. The molecule has 0 atom stereocenters. The molecule has 0 aliphatic carbocycles. The van der Waals surface area contributed by atoms with Gasteiger partial charge in [-0.2, -0.15) is 0 Å². The summed E-state index contributed by atoms with van der Waals surface area (Å²) in [6.07, 6.45) is 0.316. The van der Waals surface area contributed by atoms with Crippen LogP contribution in [0, 0.1) is 0 Å². The third-order valence-electron chi connectivity index (χ3n) is 2.17. The van der Waals surface area contributed by atoms with E-state index in [-0.39, 0.29) is 11.8 Å². The van der Waals surface area contributed by atoms with Gasteiger partial charge in [0.05, 0.1) is 12.1 Å². The van der Waals surface area contributed by atoms with Crippen molar-refractivity contribution in [1.29, 1.82) is 0 Å². The molecule has 0 radical (unpaired) electrons. The summed E-state index contributed by atoms with van der Waals surface area (Å²) in [4.78, 5) is 22.1. The molecule has 0 heterocycles. The molecule has 1 aromatic rings. The average molecular weight is 271 g/mol. The molecule has 5 nitrogen and oxygen atoms in total. The molecule has 98 valence electrons. The Kier molecular flexibility index (Phi) is 5.45. The SMILES string of the molecule is COc1ccc(NC(=O)NCCC(C)=O)cc1Cl. The number of hydrogen-bond donors (Lipinski definition) is 2. The van der Waals surface area contributed by atoms with Crippen LogP contribution in [0.25, 0.3) is 0 Å². The summed E-state index contributed by atoms with van der Waals surface area (Å²) in [6, 6.07) is 4.55. The summed E-state index contributed by atoms with van der Waals surface area (Å²) in [5.41, 5.74) is 0.557. The van der Waals surface area contributed by atoms with Gasteiger partial charge in [-0.25, -0.2) is 4.79 Å². The van der Waals surface area contributed by atoms with Crippen molar-refractivity contribution in [2.45, 2.75) is 13.3 Å². The summed E-state index contributed by atoms with van der Waals surface area (Å²) in [5.74, 6) is 0.571. The van der Waals surface area contributed by atoms with Gasteiger partial charge in [-0.05, 0) is 25.1 Å². The number of rotatable bonds is 5. The lowest BCUT2D eigenvalue weighted by Gasteiger charge is -2.08. The molecule has 2 N–H and O–H groups in total. The maximum Gasteiger partial charge on any atom is 0.319 e. The van der Waals surface area contributed by atoms with Crippen molar-refractivity contribution in [2.24, 2.45) is 0 Å². The second kappa shape index (κ2) is 6.86. The lowest BCUT2D eigenvalue weighted by atomic mass is 10.3. The van der Waals surface area contributed by atoms with Crippen LogP contribution in [0.1, 0.15) is 13.3 Å². The molecule has 0 aliphatic rings. The van der Waals surface area contributed by atoms with Gasteiger partial charge in [-0.15, -0.1) is 0 Å². The molecule has 0 fully saturated rings. The number of amides is 2. The Labute approximate surface area is 110 Å². The van der Waals surface area contributed by atoms with Gasteiger partial charge in [-0.3, -0.25) is 4.79 Å². The zero-order valence-electron chi connectivity index (χ0n) is 10.2. The number of halogens is 1. The van der Waals surface area contributed by atoms with Crippen LogP contribution in [0.4, 0.5) is 10.5 Å². The van der Waals surface area contributed by atoms with Gasteiger partial charge in [-0.1, -0.05) is 11.6 Å². The van der Waals surface area contributed by atoms with Crippen molar-refractivity contribution < 1.29 is 14.3 Å². The highest BCUT2D eigenvalue weighted by Crippen LogP contribution is 2.26. The van der Waals surface area contributed by atoms with Crippen LogP contribution in [0.15, 0.2) is 18.2 Å². The van der Waals surface area contributed by atoms with Gasteiger partial charge in [0, 0.05) is 18.7 Å². The summed E-state index contributed by atoms with van der Waals surface area (Å²) >= 11 is 5.92. The van der Waals surface area contributed by atoms with E-state index < -0.39 is 0 Å². The second-order valence-corrected chi connectivity index (χ2v) is 4.09. The number of Topliss-reactive ketones (excluding diaryl/α,β-unsaturated/α-hetero) is 1. The summed E-state index contributed by atoms with van der Waals surface area (Å²) in [7, 11) is 1.52. The minimum atomic E-state index is -0.377. The fraction of sp³-hybridized carbons (Fsp3) is 0.333. The number of carbonyl (C=O) groups excluding carboxylic acids is 2. The quantitative estimate of drug-likeness (QED) is 0.864. The Morgan fingerprint density at radius 1 is 1.39 bits per heavy atom. The fourth-order valence-electron chi connectivity index (χ4n) is 1.27. The number of benzene rings is 1. The highest BCUT2D eigenvalue weighted by atomic mass is 35.5. The van der Waals surface area contributed by atoms with Crippen LogP contribution in [0.5, 0.6) is 5.75 Å². The number of urea groups is 1. The number of ketones is 1. The van der Waals surface area contributed by atoms with Crippen LogP contribution in [-0.4, -0.2) is 25.5 Å². The molecular formula is C12H15ClN2O3. The highest BCUT2D eigenvalue weighted by molar-refractivity contribution is 6.32. The Morgan fingerprint density at radius 3 is 2.67 bits per heavy atom. The number of anilines is 1. The molecule has 0 saturated heterocycles. The van der Waals surface area contributed by atoms with E-state index in [9.17, 15) is 9.59 Å². The fourth-order valence-corrected chi connectivity index (χ4v) is 1.53. The molecule has 0 aromatic heterocycles. The number of methoxy groups -OCH3 is 1. The third kappa shape index (κ3) is 4.63. The van der Waals surface area contributed by atoms with Crippen molar-refractivity contribution >= 4 is 29.1 Å². The van der Waals surface area contributed by atoms with Gasteiger partial charge in [0.1, 0.15) is 11.5 Å². The predicted molar refractivity (Wildman–Crippen MR) is 70.3 cm³/mol. The van der Waals surface area contributed by atoms with Gasteiger partial charge in [0.2, 0.25) is 0 Å². The minimum Gasteiger partial charge on any atom is -0.495 e. The number of nitrogens with one attached hydrogen (secondary N) is 2. The molecule has 2 amide bonds. The van der Waals surface area contributed by atoms with E-state index >= 15 is 0 Å². The van der Waals surface area contributed by atoms with Crippen LogP contribution in [0.2, 0.25) is 5.02 Å². The van der Waals surface area contributed by atoms with E-state index in [1.807, 2.05) is 0 Å². The van der Waals surface area contributed by atoms with Crippen LogP contribution in [0.3, 0.4) is 0 Å². The van der Waals surface area contributed by atoms with E-state index in [1.54, 1.807) is 18.2 Å². The minimum absolute atomic E-state index is 0.0304. The standard InChI is InChI=1S/C12H15ClN2O3/c1-8(16)5-6-14-12(17)15-9-3-4-11(18-2)10(13)7-9/h3-4,7H,5-6H2,1-2H3,(H2,14,15,17). The Morgan fingerprint density at radius 2 is 2.11 bits per heavy atom. The lowest BCUT2D eigenvalue weighted by Crippen LogP contribution is -2.30. The van der Waals surface area contributed by atoms with Gasteiger partial charge in [0.15, 0.2) is 0 Å². The third-order valence-corrected chi connectivity index (χ3v) is 2.47. The van der Waals surface area contributed by atoms with Gasteiger partial charge in [0.25, 0.3) is 0 Å². The van der Waals surface area contributed by atoms with E-state index in [0.717, 1.165) is 0 Å². The monoisotopic (exact) mass is 270 g/mol. The maximum atomic E-state index is 11.5. The number of ether oxygens (including phenoxy) is 1. The molecule has 0 saturated carbocycles. The van der Waals surface area contributed by atoms with E-state index in [1.165, 1.54) is 14.0 Å². The van der Waals surface area contributed by atoms with Crippen molar-refractivity contribution in [2.75, 3.05) is 19.0 Å². The molecule has 1 aromatic carbocycles. The van der Waals surface area contributed by atoms with Crippen LogP contribution < -0.4 is 15.4 Å². The van der Waals surface area contributed by atoms with Crippen LogP contribution in [-0.2, 0) is 4.79 Å². The highest BCUT2D eigenvalue weighted by Gasteiger charge is 2.05. The summed E-state index contributed by atoms with van der Waals surface area (Å²) in [5, 5.41) is 5.59. The first-order valence-corrected chi connectivity index (χ1v) is 5.78. The molecule has 0 unspecified atom stereocenters. The number of hydrogen-bond acceptors (Lipinski definition) is 3. The zero-order valence-corrected chi connectivity index (χ0v) is 11.0. The largest absolute Gasteiger partial charge is 0.495 e. The van der Waals surface area contributed by atoms with E-state index in [0.29, 0.717) is 29.4 Å². The summed E-state index contributed by atoms with van der Waals surface area (Å²) < 4.78 is 5.00. The van der Waals surface area contributed by atoms with Crippen molar-refractivity contribution in [3.05, 3.63) is 23.2 Å². The predicted octanol–water partition coefficient (Wildman–Crippen LogP) is 2.45. The van der Waals surface area contributed by atoms with Crippen molar-refractivity contribution in [3.8, 4) is 5.75 Å². The maximum absolute atomic E-state index is 11.5. The first-order chi connectivity index (χ1) is 8.52. The Bertz CT molecular complexity index is 449. The van der Waals surface area contributed by atoms with Gasteiger partial charge >= 0.3 is 6.03 Å².